The average Bonchev–Trinajstić information content (AvgIpc) is 1.99. The van der Waals surface area contributed by atoms with Crippen LogP contribution in [0.5, 0.6) is 0 Å². The summed E-state index contributed by atoms with van der Waals surface area (Å²) in [4.78, 5) is 13.2. The van der Waals surface area contributed by atoms with Crippen molar-refractivity contribution in [3.8, 4) is 6.07 Å². The molecule has 0 aliphatic carbocycles. The minimum Gasteiger partial charge on any atom is -0.327 e. The molecule has 0 aliphatic heterocycles. The van der Waals surface area contributed by atoms with Gasteiger partial charge in [0.2, 0.25) is 0 Å². The highest BCUT2D eigenvalue weighted by Gasteiger charge is 2.05. The van der Waals surface area contributed by atoms with Crippen molar-refractivity contribution >= 4 is 11.6 Å². The van der Waals surface area contributed by atoms with Crippen LogP contribution in [0.25, 0.3) is 0 Å². The molecule has 0 amide bonds. The maximum absolute atomic E-state index is 10.8. The zero-order valence-electron chi connectivity index (χ0n) is 5.81. The number of halogens is 1. The van der Waals surface area contributed by atoms with E-state index in [1.807, 2.05) is 6.07 Å². The van der Waals surface area contributed by atoms with Crippen molar-refractivity contribution in [1.82, 2.24) is 4.98 Å². The van der Waals surface area contributed by atoms with E-state index >= 15 is 0 Å². The number of hydrogen-bond acceptors (Lipinski definition) is 2. The molecule has 0 bridgehead atoms. The Morgan fingerprint density at radius 1 is 1.73 bits per heavy atom. The molecule has 0 aliphatic rings. The van der Waals surface area contributed by atoms with Gasteiger partial charge in [0.15, 0.2) is 0 Å². The Bertz CT molecular complexity index is 375. The summed E-state index contributed by atoms with van der Waals surface area (Å²) in [5.41, 5.74) is 0.501. The van der Waals surface area contributed by atoms with E-state index in [1.54, 1.807) is 6.92 Å². The molecule has 0 atom stereocenters. The highest BCUT2D eigenvalue weighted by atomic mass is 35.5. The van der Waals surface area contributed by atoms with E-state index in [9.17, 15) is 4.79 Å². The molecule has 56 valence electrons. The first kappa shape index (κ1) is 7.83. The van der Waals surface area contributed by atoms with Gasteiger partial charge in [0.1, 0.15) is 11.1 Å². The van der Waals surface area contributed by atoms with Crippen LogP contribution in [0, 0.1) is 18.3 Å². The average molecular weight is 169 g/mol. The van der Waals surface area contributed by atoms with Crippen LogP contribution < -0.4 is 5.56 Å². The fourth-order valence-electron chi connectivity index (χ4n) is 0.733. The number of nitrogens with one attached hydrogen (secondary N) is 1. The van der Waals surface area contributed by atoms with Crippen molar-refractivity contribution in [2.45, 2.75) is 6.92 Å². The van der Waals surface area contributed by atoms with Crippen molar-refractivity contribution in [3.63, 3.8) is 0 Å². The van der Waals surface area contributed by atoms with Crippen molar-refractivity contribution < 1.29 is 0 Å². The molecule has 0 unspecified atom stereocenters. The maximum Gasteiger partial charge on any atom is 0.268 e. The summed E-state index contributed by atoms with van der Waals surface area (Å²) in [7, 11) is 0. The molecule has 0 radical (unpaired) electrons. The molecule has 0 spiro atoms. The minimum atomic E-state index is -0.422. The van der Waals surface area contributed by atoms with Crippen LogP contribution in [0.15, 0.2) is 11.0 Å². The number of nitriles is 1. The number of H-pyrrole nitrogens is 1. The predicted molar refractivity (Wildman–Crippen MR) is 41.5 cm³/mol. The van der Waals surface area contributed by atoms with Crippen LogP contribution in [0.1, 0.15) is 11.1 Å². The second-order valence-electron chi connectivity index (χ2n) is 2.10. The largest absolute Gasteiger partial charge is 0.327 e. The van der Waals surface area contributed by atoms with E-state index in [0.717, 1.165) is 0 Å². The monoisotopic (exact) mass is 168 g/mol. The van der Waals surface area contributed by atoms with Crippen molar-refractivity contribution in [2.24, 2.45) is 0 Å². The van der Waals surface area contributed by atoms with Gasteiger partial charge in [-0.25, -0.2) is 0 Å². The highest BCUT2D eigenvalue weighted by Crippen LogP contribution is 2.11. The van der Waals surface area contributed by atoms with Crippen LogP contribution in [0.3, 0.4) is 0 Å². The Kier molecular flexibility index (Phi) is 1.97. The van der Waals surface area contributed by atoms with E-state index in [4.69, 9.17) is 16.9 Å². The standard InChI is InChI=1S/C7H5ClN2O/c1-4-3-10-7(11)6(8)5(4)2-9/h3H,1H3,(H,10,11). The Labute approximate surface area is 68.2 Å². The smallest absolute Gasteiger partial charge is 0.268 e. The lowest BCUT2D eigenvalue weighted by Gasteiger charge is -1.95. The van der Waals surface area contributed by atoms with E-state index in [2.05, 4.69) is 4.98 Å². The van der Waals surface area contributed by atoms with Crippen LogP contribution in [-0.4, -0.2) is 4.98 Å². The van der Waals surface area contributed by atoms with E-state index in [0.29, 0.717) is 5.56 Å². The van der Waals surface area contributed by atoms with E-state index < -0.39 is 5.56 Å². The highest BCUT2D eigenvalue weighted by molar-refractivity contribution is 6.31. The number of nitrogens with zero attached hydrogens (tertiary/aromatic N) is 1. The van der Waals surface area contributed by atoms with Gasteiger partial charge in [-0.2, -0.15) is 5.26 Å². The zero-order chi connectivity index (χ0) is 8.43. The summed E-state index contributed by atoms with van der Waals surface area (Å²) in [6.07, 6.45) is 1.47. The van der Waals surface area contributed by atoms with Crippen molar-refractivity contribution in [3.05, 3.63) is 32.7 Å². The van der Waals surface area contributed by atoms with E-state index in [-0.39, 0.29) is 10.6 Å². The van der Waals surface area contributed by atoms with Crippen LogP contribution in [-0.2, 0) is 0 Å². The van der Waals surface area contributed by atoms with Crippen molar-refractivity contribution in [1.29, 1.82) is 5.26 Å². The van der Waals surface area contributed by atoms with Gasteiger partial charge in [0.05, 0.1) is 5.56 Å². The summed E-state index contributed by atoms with van der Waals surface area (Å²) in [6, 6.07) is 1.85. The van der Waals surface area contributed by atoms with Gasteiger partial charge in [-0.1, -0.05) is 11.6 Å². The normalized spacial score (nSPS) is 9.18. The van der Waals surface area contributed by atoms with Gasteiger partial charge in [0.25, 0.3) is 5.56 Å². The molecular weight excluding hydrogens is 164 g/mol. The Morgan fingerprint density at radius 3 is 2.82 bits per heavy atom. The van der Waals surface area contributed by atoms with Crippen LogP contribution in [0.4, 0.5) is 0 Å². The number of aromatic nitrogens is 1. The molecule has 4 heteroatoms. The molecule has 1 aromatic rings. The number of rotatable bonds is 0. The Morgan fingerprint density at radius 2 is 2.36 bits per heavy atom. The summed E-state index contributed by atoms with van der Waals surface area (Å²) in [5.74, 6) is 0. The molecule has 0 aromatic carbocycles. The molecule has 3 nitrogen and oxygen atoms in total. The second-order valence-corrected chi connectivity index (χ2v) is 2.48. The molecule has 0 saturated heterocycles. The van der Waals surface area contributed by atoms with Gasteiger partial charge in [-0.05, 0) is 12.5 Å². The molecule has 1 heterocycles. The summed E-state index contributed by atoms with van der Waals surface area (Å²) in [5, 5.41) is 8.50. The first-order chi connectivity index (χ1) is 5.16. The summed E-state index contributed by atoms with van der Waals surface area (Å²) >= 11 is 5.53. The third-order valence-electron chi connectivity index (χ3n) is 1.34. The third kappa shape index (κ3) is 1.26. The lowest BCUT2D eigenvalue weighted by molar-refractivity contribution is 1.18. The van der Waals surface area contributed by atoms with Gasteiger partial charge in [-0.15, -0.1) is 0 Å². The molecule has 11 heavy (non-hydrogen) atoms. The van der Waals surface area contributed by atoms with Gasteiger partial charge in [0, 0.05) is 6.20 Å². The van der Waals surface area contributed by atoms with Gasteiger partial charge in [-0.3, -0.25) is 4.79 Å². The van der Waals surface area contributed by atoms with Gasteiger partial charge < -0.3 is 4.98 Å². The molecule has 1 N–H and O–H groups in total. The fourth-order valence-corrected chi connectivity index (χ4v) is 0.979. The Hall–Kier alpha value is -1.27. The number of hydrogen-bond donors (Lipinski definition) is 1. The SMILES string of the molecule is Cc1c[nH]c(=O)c(Cl)c1C#N. The van der Waals surface area contributed by atoms with E-state index in [1.165, 1.54) is 6.20 Å². The maximum atomic E-state index is 10.8. The van der Waals surface area contributed by atoms with Crippen molar-refractivity contribution in [2.75, 3.05) is 0 Å². The minimum absolute atomic E-state index is 0.0347. The molecule has 0 fully saturated rings. The molecule has 1 rings (SSSR count). The number of aryl methyl sites for hydroxylation is 1. The summed E-state index contributed by atoms with van der Waals surface area (Å²) in [6.45, 7) is 1.71. The quantitative estimate of drug-likeness (QED) is 0.633. The summed E-state index contributed by atoms with van der Waals surface area (Å²) < 4.78 is 0. The number of aromatic amines is 1. The number of pyridine rings is 1. The molecule has 1 aromatic heterocycles. The Balaban J connectivity index is 3.57. The fraction of sp³-hybridized carbons (Fsp3) is 0.143. The topological polar surface area (TPSA) is 56.6 Å². The van der Waals surface area contributed by atoms with Crippen LogP contribution in [0.2, 0.25) is 5.02 Å². The first-order valence-electron chi connectivity index (χ1n) is 2.94. The lowest BCUT2D eigenvalue weighted by atomic mass is 10.2. The van der Waals surface area contributed by atoms with Crippen LogP contribution >= 0.6 is 11.6 Å². The lowest BCUT2D eigenvalue weighted by Crippen LogP contribution is -2.08. The zero-order valence-corrected chi connectivity index (χ0v) is 6.57. The molecule has 0 saturated carbocycles. The molecular formula is C7H5ClN2O. The van der Waals surface area contributed by atoms with Gasteiger partial charge >= 0.3 is 0 Å². The third-order valence-corrected chi connectivity index (χ3v) is 1.71. The first-order valence-corrected chi connectivity index (χ1v) is 3.32. The predicted octanol–water partition coefficient (Wildman–Crippen LogP) is 1.21. The second kappa shape index (κ2) is 2.77.